The summed E-state index contributed by atoms with van der Waals surface area (Å²) in [7, 11) is 0. The number of phenolic OH excluding ortho intramolecular Hbond substituents is 1. The summed E-state index contributed by atoms with van der Waals surface area (Å²) in [6.07, 6.45) is 5.74. The molecule has 2 unspecified atom stereocenters. The largest absolute Gasteiger partial charge is 0.507 e. The van der Waals surface area contributed by atoms with Gasteiger partial charge in [-0.2, -0.15) is 0 Å². The number of hydrogen-bond acceptors (Lipinski definition) is 3. The van der Waals surface area contributed by atoms with E-state index in [1.165, 1.54) is 0 Å². The number of benzene rings is 2. The maximum atomic E-state index is 12.8. The highest BCUT2D eigenvalue weighted by Gasteiger charge is 2.32. The standard InChI is InChI=1S/C24H26BrNO2/c1-15(2)21-10-4-16(3)22(24(21)28)12-17-5-8-20(9-6-17)26-14-18-13-19(25)7-11-23(18)27/h5-9,11-16,21,27H,4,10H2,1-3H3/b22-12-,26-14?. The van der Waals surface area contributed by atoms with Crippen LogP contribution in [-0.2, 0) is 4.79 Å². The average molecular weight is 440 g/mol. The van der Waals surface area contributed by atoms with E-state index in [2.05, 4.69) is 41.7 Å². The van der Waals surface area contributed by atoms with Crippen LogP contribution in [0.25, 0.3) is 6.08 Å². The summed E-state index contributed by atoms with van der Waals surface area (Å²) >= 11 is 3.40. The molecule has 1 saturated carbocycles. The number of hydrogen-bond donors (Lipinski definition) is 1. The number of rotatable bonds is 4. The predicted molar refractivity (Wildman–Crippen MR) is 119 cm³/mol. The minimum absolute atomic E-state index is 0.143. The van der Waals surface area contributed by atoms with Crippen LogP contribution in [0.15, 0.2) is 57.5 Å². The highest BCUT2D eigenvalue weighted by atomic mass is 79.9. The van der Waals surface area contributed by atoms with Gasteiger partial charge in [0.2, 0.25) is 0 Å². The Labute approximate surface area is 175 Å². The summed E-state index contributed by atoms with van der Waals surface area (Å²) in [6.45, 7) is 6.40. The average Bonchev–Trinajstić information content (AvgIpc) is 2.66. The molecule has 1 fully saturated rings. The van der Waals surface area contributed by atoms with E-state index >= 15 is 0 Å². The van der Waals surface area contributed by atoms with E-state index in [-0.39, 0.29) is 11.7 Å². The zero-order valence-electron chi connectivity index (χ0n) is 16.5. The van der Waals surface area contributed by atoms with Crippen LogP contribution >= 0.6 is 15.9 Å². The Morgan fingerprint density at radius 1 is 1.14 bits per heavy atom. The lowest BCUT2D eigenvalue weighted by Crippen LogP contribution is -2.30. The summed E-state index contributed by atoms with van der Waals surface area (Å²) in [4.78, 5) is 17.3. The van der Waals surface area contributed by atoms with Crippen molar-refractivity contribution in [3.8, 4) is 5.75 Å². The second-order valence-electron chi connectivity index (χ2n) is 7.85. The van der Waals surface area contributed by atoms with E-state index in [0.717, 1.165) is 34.1 Å². The molecule has 3 nitrogen and oxygen atoms in total. The fourth-order valence-corrected chi connectivity index (χ4v) is 4.01. The van der Waals surface area contributed by atoms with Gasteiger partial charge in [-0.15, -0.1) is 0 Å². The molecule has 4 heteroatoms. The molecule has 0 aliphatic heterocycles. The zero-order valence-corrected chi connectivity index (χ0v) is 18.1. The fourth-order valence-electron chi connectivity index (χ4n) is 3.63. The van der Waals surface area contributed by atoms with Crippen LogP contribution in [0.5, 0.6) is 5.75 Å². The Hall–Kier alpha value is -2.20. The first-order valence-electron chi connectivity index (χ1n) is 9.73. The van der Waals surface area contributed by atoms with Gasteiger partial charge in [0.25, 0.3) is 0 Å². The number of phenols is 1. The van der Waals surface area contributed by atoms with Crippen LogP contribution in [0.1, 0.15) is 44.7 Å². The maximum absolute atomic E-state index is 12.8. The molecule has 1 aliphatic carbocycles. The second kappa shape index (κ2) is 8.87. The van der Waals surface area contributed by atoms with E-state index in [1.807, 2.05) is 36.4 Å². The summed E-state index contributed by atoms with van der Waals surface area (Å²) in [5.74, 6) is 1.33. The number of carbonyl (C=O) groups excluding carboxylic acids is 1. The number of halogens is 1. The van der Waals surface area contributed by atoms with Crippen LogP contribution < -0.4 is 0 Å². The number of allylic oxidation sites excluding steroid dienone is 1. The number of carbonyl (C=O) groups is 1. The molecule has 1 N–H and O–H groups in total. The third-order valence-electron chi connectivity index (χ3n) is 5.43. The molecule has 0 amide bonds. The van der Waals surface area contributed by atoms with E-state index in [4.69, 9.17) is 0 Å². The number of aliphatic imine (C=N–C) groups is 1. The van der Waals surface area contributed by atoms with Crippen LogP contribution in [0, 0.1) is 17.8 Å². The van der Waals surface area contributed by atoms with Crippen molar-refractivity contribution < 1.29 is 9.90 Å². The first-order chi connectivity index (χ1) is 13.3. The van der Waals surface area contributed by atoms with Gasteiger partial charge >= 0.3 is 0 Å². The molecular weight excluding hydrogens is 414 g/mol. The number of aromatic hydroxyl groups is 1. The van der Waals surface area contributed by atoms with E-state index < -0.39 is 0 Å². The van der Waals surface area contributed by atoms with Crippen LogP contribution in [-0.4, -0.2) is 17.1 Å². The fraction of sp³-hybridized carbons (Fsp3) is 0.333. The van der Waals surface area contributed by atoms with Crippen molar-refractivity contribution in [3.63, 3.8) is 0 Å². The Morgan fingerprint density at radius 3 is 2.54 bits per heavy atom. The first kappa shape index (κ1) is 20.5. The van der Waals surface area contributed by atoms with Gasteiger partial charge in [0, 0.05) is 22.2 Å². The first-order valence-corrected chi connectivity index (χ1v) is 10.5. The molecule has 1 aliphatic rings. The lowest BCUT2D eigenvalue weighted by atomic mass is 9.73. The van der Waals surface area contributed by atoms with Gasteiger partial charge in [0.05, 0.1) is 5.69 Å². The number of nitrogens with zero attached hydrogens (tertiary/aromatic N) is 1. The SMILES string of the molecule is CC1CCC(C(C)C)C(=O)/C1=C\c1ccc(N=Cc2cc(Br)ccc2O)cc1. The Kier molecular flexibility index (Phi) is 6.50. The van der Waals surface area contributed by atoms with Gasteiger partial charge in [-0.25, -0.2) is 0 Å². The van der Waals surface area contributed by atoms with Crippen LogP contribution in [0.3, 0.4) is 0 Å². The van der Waals surface area contributed by atoms with Gasteiger partial charge in [-0.1, -0.05) is 48.8 Å². The van der Waals surface area contributed by atoms with E-state index in [0.29, 0.717) is 23.2 Å². The minimum atomic E-state index is 0.143. The highest BCUT2D eigenvalue weighted by molar-refractivity contribution is 9.10. The molecular formula is C24H26BrNO2. The molecule has 2 atom stereocenters. The summed E-state index contributed by atoms with van der Waals surface area (Å²) in [5.41, 5.74) is 3.41. The van der Waals surface area contributed by atoms with E-state index in [9.17, 15) is 9.90 Å². The molecule has 0 aromatic heterocycles. The van der Waals surface area contributed by atoms with Crippen molar-refractivity contribution >= 4 is 39.7 Å². The highest BCUT2D eigenvalue weighted by Crippen LogP contribution is 2.35. The molecule has 0 radical (unpaired) electrons. The molecule has 2 aromatic carbocycles. The van der Waals surface area contributed by atoms with E-state index in [1.54, 1.807) is 18.3 Å². The number of Topliss-reactive ketones (excluding diaryl/α,β-unsaturated/α-hetero) is 1. The molecule has 0 saturated heterocycles. The lowest BCUT2D eigenvalue weighted by Gasteiger charge is -2.30. The minimum Gasteiger partial charge on any atom is -0.507 e. The molecule has 28 heavy (non-hydrogen) atoms. The molecule has 2 aromatic rings. The smallest absolute Gasteiger partial charge is 0.162 e. The number of ketones is 1. The summed E-state index contributed by atoms with van der Waals surface area (Å²) in [5, 5.41) is 9.90. The second-order valence-corrected chi connectivity index (χ2v) is 8.76. The third kappa shape index (κ3) is 4.79. The van der Waals surface area contributed by atoms with Gasteiger partial charge < -0.3 is 5.11 Å². The molecule has 0 spiro atoms. The van der Waals surface area contributed by atoms with Gasteiger partial charge in [-0.3, -0.25) is 9.79 Å². The van der Waals surface area contributed by atoms with Crippen molar-refractivity contribution in [2.45, 2.75) is 33.6 Å². The van der Waals surface area contributed by atoms with Crippen molar-refractivity contribution in [1.29, 1.82) is 0 Å². The molecule has 0 heterocycles. The van der Waals surface area contributed by atoms with Crippen molar-refractivity contribution in [1.82, 2.24) is 0 Å². The lowest BCUT2D eigenvalue weighted by molar-refractivity contribution is -0.122. The van der Waals surface area contributed by atoms with Gasteiger partial charge in [0.1, 0.15) is 5.75 Å². The quantitative estimate of drug-likeness (QED) is 0.432. The van der Waals surface area contributed by atoms with Gasteiger partial charge in [-0.05, 0) is 72.2 Å². The van der Waals surface area contributed by atoms with Gasteiger partial charge in [0.15, 0.2) is 5.78 Å². The maximum Gasteiger partial charge on any atom is 0.162 e. The topological polar surface area (TPSA) is 49.7 Å². The van der Waals surface area contributed by atoms with Crippen LogP contribution in [0.4, 0.5) is 5.69 Å². The summed E-state index contributed by atoms with van der Waals surface area (Å²) < 4.78 is 0.889. The van der Waals surface area contributed by atoms with Crippen molar-refractivity contribution in [2.24, 2.45) is 22.7 Å². The monoisotopic (exact) mass is 439 g/mol. The Morgan fingerprint density at radius 2 is 1.86 bits per heavy atom. The third-order valence-corrected chi connectivity index (χ3v) is 5.92. The Balaban J connectivity index is 1.78. The normalized spacial score (nSPS) is 21.8. The van der Waals surface area contributed by atoms with Crippen molar-refractivity contribution in [3.05, 3.63) is 63.6 Å². The van der Waals surface area contributed by atoms with Crippen LogP contribution in [0.2, 0.25) is 0 Å². The molecule has 146 valence electrons. The van der Waals surface area contributed by atoms with Crippen molar-refractivity contribution in [2.75, 3.05) is 0 Å². The Bertz CT molecular complexity index is 913. The molecule has 0 bridgehead atoms. The molecule has 3 rings (SSSR count). The predicted octanol–water partition coefficient (Wildman–Crippen LogP) is 6.56. The summed E-state index contributed by atoms with van der Waals surface area (Å²) in [6, 6.07) is 13.1. The zero-order chi connectivity index (χ0) is 20.3.